The first-order valence-corrected chi connectivity index (χ1v) is 7.11. The van der Waals surface area contributed by atoms with Crippen LogP contribution in [0.5, 0.6) is 0 Å². The Bertz CT molecular complexity index is 832. The number of hydrazone groups is 1. The van der Waals surface area contributed by atoms with Gasteiger partial charge in [0, 0.05) is 35.9 Å². The summed E-state index contributed by atoms with van der Waals surface area (Å²) < 4.78 is 5.77. The average molecular weight is 326 g/mol. The number of rotatable bonds is 3. The molecule has 0 spiro atoms. The summed E-state index contributed by atoms with van der Waals surface area (Å²) in [4.78, 5) is 22.3. The highest BCUT2D eigenvalue weighted by molar-refractivity contribution is 5.96. The Balaban J connectivity index is 1.95. The van der Waals surface area contributed by atoms with Gasteiger partial charge in [0.1, 0.15) is 0 Å². The van der Waals surface area contributed by atoms with E-state index >= 15 is 0 Å². The zero-order chi connectivity index (χ0) is 17.3. The second-order valence-electron chi connectivity index (χ2n) is 5.21. The highest BCUT2D eigenvalue weighted by Crippen LogP contribution is 2.31. The van der Waals surface area contributed by atoms with E-state index in [4.69, 9.17) is 10.5 Å². The Morgan fingerprint density at radius 3 is 2.62 bits per heavy atom. The smallest absolute Gasteiger partial charge is 0.269 e. The highest BCUT2D eigenvalue weighted by Gasteiger charge is 2.33. The number of nitro benzene ring substituents is 1. The number of non-ortho nitro benzene ring substituents is 1. The van der Waals surface area contributed by atoms with Crippen LogP contribution in [0.25, 0.3) is 0 Å². The number of nitrogens with two attached hydrogens (primary N) is 1. The van der Waals surface area contributed by atoms with E-state index in [9.17, 15) is 14.9 Å². The zero-order valence-electron chi connectivity index (χ0n) is 12.7. The second kappa shape index (κ2) is 5.99. The van der Waals surface area contributed by atoms with Crippen molar-refractivity contribution < 1.29 is 14.5 Å². The number of nitrogen functional groups attached to an aromatic ring is 1. The second-order valence-corrected chi connectivity index (χ2v) is 5.21. The Morgan fingerprint density at radius 1 is 1.29 bits per heavy atom. The molecular formula is C16H14N4O4. The summed E-state index contributed by atoms with van der Waals surface area (Å²) in [5, 5.41) is 16.3. The van der Waals surface area contributed by atoms with Crippen molar-refractivity contribution in [3.63, 3.8) is 0 Å². The Kier molecular flexibility index (Phi) is 3.87. The molecular weight excluding hydrogens is 312 g/mol. The monoisotopic (exact) mass is 326 g/mol. The number of hydrogen-bond acceptors (Lipinski definition) is 6. The summed E-state index contributed by atoms with van der Waals surface area (Å²) in [7, 11) is 0. The molecule has 1 atom stereocenters. The lowest BCUT2D eigenvalue weighted by Gasteiger charge is -2.19. The van der Waals surface area contributed by atoms with E-state index in [1.54, 1.807) is 30.3 Å². The molecule has 0 saturated carbocycles. The van der Waals surface area contributed by atoms with Gasteiger partial charge in [-0.2, -0.15) is 5.01 Å². The molecule has 1 amide bonds. The van der Waals surface area contributed by atoms with Crippen molar-refractivity contribution in [2.45, 2.75) is 13.2 Å². The van der Waals surface area contributed by atoms with E-state index in [0.717, 1.165) is 5.01 Å². The molecule has 0 aliphatic carbocycles. The van der Waals surface area contributed by atoms with E-state index in [-0.39, 0.29) is 17.5 Å². The van der Waals surface area contributed by atoms with Gasteiger partial charge in [0.05, 0.1) is 4.92 Å². The molecule has 0 unspecified atom stereocenters. The van der Waals surface area contributed by atoms with Crippen LogP contribution < -0.4 is 5.73 Å². The molecule has 0 fully saturated rings. The van der Waals surface area contributed by atoms with Gasteiger partial charge in [-0.05, 0) is 24.3 Å². The summed E-state index contributed by atoms with van der Waals surface area (Å²) in [6.07, 6.45) is -0.852. The number of ether oxygens (including phenoxy) is 1. The Hall–Kier alpha value is -3.42. The number of carbonyl (C=O) groups is 1. The van der Waals surface area contributed by atoms with Crippen LogP contribution >= 0.6 is 0 Å². The van der Waals surface area contributed by atoms with E-state index in [2.05, 4.69) is 5.10 Å². The number of amides is 1. The molecule has 0 saturated heterocycles. The zero-order valence-corrected chi connectivity index (χ0v) is 12.7. The van der Waals surface area contributed by atoms with Crippen LogP contribution in [-0.4, -0.2) is 21.7 Å². The number of carbonyl (C=O) groups excluding carboxylic acids is 1. The van der Waals surface area contributed by atoms with Crippen molar-refractivity contribution in [3.05, 3.63) is 69.8 Å². The third kappa shape index (κ3) is 2.89. The number of anilines is 1. The minimum atomic E-state index is -0.852. The fourth-order valence-electron chi connectivity index (χ4n) is 2.32. The summed E-state index contributed by atoms with van der Waals surface area (Å²) in [6.45, 7) is 1.35. The highest BCUT2D eigenvalue weighted by atomic mass is 16.6. The molecule has 2 aromatic rings. The Morgan fingerprint density at radius 2 is 2.00 bits per heavy atom. The maximum atomic E-state index is 11.9. The summed E-state index contributed by atoms with van der Waals surface area (Å²) in [5.41, 5.74) is 7.29. The molecule has 1 heterocycles. The van der Waals surface area contributed by atoms with Gasteiger partial charge in [-0.3, -0.25) is 14.9 Å². The Labute approximate surface area is 137 Å². The minimum absolute atomic E-state index is 0.0828. The molecule has 0 aromatic heterocycles. The molecule has 3 rings (SSSR count). The van der Waals surface area contributed by atoms with Crippen LogP contribution in [0.3, 0.4) is 0 Å². The lowest BCUT2D eigenvalue weighted by molar-refractivity contribution is -0.385. The quantitative estimate of drug-likeness (QED) is 0.529. The largest absolute Gasteiger partial charge is 0.446 e. The molecule has 122 valence electrons. The third-order valence-corrected chi connectivity index (χ3v) is 3.49. The first-order valence-electron chi connectivity index (χ1n) is 7.11. The van der Waals surface area contributed by atoms with Crippen molar-refractivity contribution in [1.82, 2.24) is 5.01 Å². The van der Waals surface area contributed by atoms with Crippen molar-refractivity contribution in [2.24, 2.45) is 5.10 Å². The predicted octanol–water partition coefficient (Wildman–Crippen LogP) is 2.42. The number of benzene rings is 2. The molecule has 2 aromatic carbocycles. The normalized spacial score (nSPS) is 16.5. The fourth-order valence-corrected chi connectivity index (χ4v) is 2.32. The molecule has 0 bridgehead atoms. The van der Waals surface area contributed by atoms with E-state index in [1.165, 1.54) is 25.1 Å². The van der Waals surface area contributed by atoms with E-state index < -0.39 is 11.2 Å². The van der Waals surface area contributed by atoms with Gasteiger partial charge < -0.3 is 10.5 Å². The van der Waals surface area contributed by atoms with Crippen LogP contribution in [0.4, 0.5) is 11.4 Å². The van der Waals surface area contributed by atoms with E-state index in [1.807, 2.05) is 0 Å². The van der Waals surface area contributed by atoms with Crippen LogP contribution in [0.2, 0.25) is 0 Å². The van der Waals surface area contributed by atoms with E-state index in [0.29, 0.717) is 16.8 Å². The van der Waals surface area contributed by atoms with Gasteiger partial charge >= 0.3 is 0 Å². The number of hydrogen-bond donors (Lipinski definition) is 1. The molecule has 2 N–H and O–H groups in total. The van der Waals surface area contributed by atoms with Gasteiger partial charge in [-0.1, -0.05) is 12.1 Å². The predicted molar refractivity (Wildman–Crippen MR) is 86.8 cm³/mol. The van der Waals surface area contributed by atoms with Crippen LogP contribution in [-0.2, 0) is 9.53 Å². The topological polar surface area (TPSA) is 111 Å². The lowest BCUT2D eigenvalue weighted by atomic mass is 10.1. The summed E-state index contributed by atoms with van der Waals surface area (Å²) in [6, 6.07) is 12.8. The van der Waals surface area contributed by atoms with Gasteiger partial charge in [0.25, 0.3) is 5.69 Å². The van der Waals surface area contributed by atoms with Gasteiger partial charge in [0.15, 0.2) is 0 Å². The first-order chi connectivity index (χ1) is 11.5. The summed E-state index contributed by atoms with van der Waals surface area (Å²) in [5.74, 6) is -0.0846. The van der Waals surface area contributed by atoms with Crippen molar-refractivity contribution in [1.29, 1.82) is 0 Å². The van der Waals surface area contributed by atoms with Crippen LogP contribution in [0.15, 0.2) is 53.6 Å². The molecule has 1 aliphatic heterocycles. The molecule has 1 aliphatic rings. The van der Waals surface area contributed by atoms with Gasteiger partial charge in [0.2, 0.25) is 18.0 Å². The summed E-state index contributed by atoms with van der Waals surface area (Å²) >= 11 is 0. The fraction of sp³-hybridized carbons (Fsp3) is 0.125. The molecule has 24 heavy (non-hydrogen) atoms. The van der Waals surface area contributed by atoms with Crippen LogP contribution in [0.1, 0.15) is 24.3 Å². The minimum Gasteiger partial charge on any atom is -0.446 e. The van der Waals surface area contributed by atoms with Crippen LogP contribution in [0, 0.1) is 10.1 Å². The number of nitrogens with zero attached hydrogens (tertiary/aromatic N) is 3. The maximum Gasteiger partial charge on any atom is 0.269 e. The molecule has 8 heteroatoms. The molecule has 8 nitrogen and oxygen atoms in total. The standard InChI is InChI=1S/C16H14N4O4/c1-10(21)19-16(12-3-2-4-14(9-12)20(22)23)24-15(18-19)11-5-7-13(17)8-6-11/h2-9,16H,17H2,1H3/t16-/m0/s1. The van der Waals surface area contributed by atoms with Gasteiger partial charge in [-0.25, -0.2) is 0 Å². The molecule has 0 radical (unpaired) electrons. The average Bonchev–Trinajstić information content (AvgIpc) is 3.01. The van der Waals surface area contributed by atoms with Gasteiger partial charge in [-0.15, -0.1) is 5.10 Å². The van der Waals surface area contributed by atoms with Crippen molar-refractivity contribution in [2.75, 3.05) is 5.73 Å². The SMILES string of the molecule is CC(=O)N1N=C(c2ccc(N)cc2)O[C@H]1c1cccc([N+](=O)[O-])c1. The lowest BCUT2D eigenvalue weighted by Crippen LogP contribution is -2.25. The van der Waals surface area contributed by atoms with Crippen molar-refractivity contribution in [3.8, 4) is 0 Å². The third-order valence-electron chi connectivity index (χ3n) is 3.49. The number of nitro groups is 1. The van der Waals surface area contributed by atoms with Crippen molar-refractivity contribution >= 4 is 23.2 Å². The first kappa shape index (κ1) is 15.5. The maximum absolute atomic E-state index is 11.9.